The Hall–Kier alpha value is -4.14. The molecule has 9 heteroatoms. The molecule has 3 aromatic heterocycles. The molecule has 0 radical (unpaired) electrons. The Morgan fingerprint density at radius 3 is 2.51 bits per heavy atom. The number of nitrogen functional groups attached to an aromatic ring is 1. The standard InChI is InChI=1S/C18H19N5.C8H5FN2O/c1-10(14-12-7-8-13(12)14)23-18-15(17(19)20-9-21-18)16(22-23)11-5-3-2-4-6-11;9-5-2-1-3-6-7(5)8(12)11-4-10-6/h2-6,9-10,12-14H,7-8H2,1H3,(H2,19,20,21);1-4H,(H,10,11,12). The van der Waals surface area contributed by atoms with Crippen LogP contribution in [-0.4, -0.2) is 29.7 Å². The van der Waals surface area contributed by atoms with Crippen LogP contribution >= 0.6 is 0 Å². The van der Waals surface area contributed by atoms with E-state index in [1.807, 2.05) is 18.2 Å². The SMILES string of the molecule is CC(C1C2CCC21)n1nc(-c2ccccc2)c2c(N)ncnc21.O=c1[nH]cnc2cccc(F)c12. The van der Waals surface area contributed by atoms with E-state index in [9.17, 15) is 9.18 Å². The minimum Gasteiger partial charge on any atom is -0.383 e. The van der Waals surface area contributed by atoms with Crippen molar-refractivity contribution in [2.75, 3.05) is 5.73 Å². The molecule has 0 saturated heterocycles. The van der Waals surface area contributed by atoms with Gasteiger partial charge in [-0.25, -0.2) is 24.0 Å². The van der Waals surface area contributed by atoms with Crippen LogP contribution in [-0.2, 0) is 0 Å². The number of aromatic amines is 1. The van der Waals surface area contributed by atoms with E-state index in [1.54, 1.807) is 12.4 Å². The van der Waals surface area contributed by atoms with Crippen molar-refractivity contribution in [1.29, 1.82) is 0 Å². The second kappa shape index (κ2) is 8.26. The number of fused-ring (bicyclic) bond motifs is 3. The van der Waals surface area contributed by atoms with Crippen LogP contribution in [0.1, 0.15) is 25.8 Å². The molecule has 3 heterocycles. The smallest absolute Gasteiger partial charge is 0.261 e. The topological polar surface area (TPSA) is 115 Å². The summed E-state index contributed by atoms with van der Waals surface area (Å²) >= 11 is 0. The summed E-state index contributed by atoms with van der Waals surface area (Å²) in [6.45, 7) is 2.27. The van der Waals surface area contributed by atoms with Crippen molar-refractivity contribution < 1.29 is 4.39 Å². The third-order valence-electron chi connectivity index (χ3n) is 7.36. The van der Waals surface area contributed by atoms with E-state index < -0.39 is 11.4 Å². The molecule has 5 aromatic rings. The molecule has 2 aliphatic rings. The maximum atomic E-state index is 13.0. The molecule has 2 fully saturated rings. The first-order chi connectivity index (χ1) is 17.0. The molecule has 2 aromatic carbocycles. The lowest BCUT2D eigenvalue weighted by atomic mass is 10.0. The van der Waals surface area contributed by atoms with Crippen molar-refractivity contribution in [2.45, 2.75) is 25.8 Å². The Morgan fingerprint density at radius 1 is 1.03 bits per heavy atom. The Morgan fingerprint density at radius 2 is 1.80 bits per heavy atom. The lowest BCUT2D eigenvalue weighted by molar-refractivity contribution is 0.432. The first-order valence-electron chi connectivity index (χ1n) is 11.7. The lowest BCUT2D eigenvalue weighted by Crippen LogP contribution is -2.11. The van der Waals surface area contributed by atoms with Gasteiger partial charge in [-0.1, -0.05) is 36.4 Å². The zero-order chi connectivity index (χ0) is 24.1. The second-order valence-electron chi connectivity index (χ2n) is 9.21. The predicted octanol–water partition coefficient (Wildman–Crippen LogP) is 4.35. The quantitative estimate of drug-likeness (QED) is 0.406. The number of H-pyrrole nitrogens is 1. The average molecular weight is 470 g/mol. The minimum absolute atomic E-state index is 0.0139. The van der Waals surface area contributed by atoms with Crippen molar-refractivity contribution in [3.05, 3.63) is 77.4 Å². The highest BCUT2D eigenvalue weighted by Gasteiger charge is 2.59. The molecular formula is C26H24FN7O. The van der Waals surface area contributed by atoms with Crippen LogP contribution in [0.2, 0.25) is 0 Å². The Bertz CT molecular complexity index is 1580. The van der Waals surface area contributed by atoms with Crippen LogP contribution in [0.4, 0.5) is 10.2 Å². The first-order valence-corrected chi connectivity index (χ1v) is 11.7. The van der Waals surface area contributed by atoms with Gasteiger partial charge in [-0.05, 0) is 49.7 Å². The minimum atomic E-state index is -0.540. The van der Waals surface area contributed by atoms with Gasteiger partial charge in [0.25, 0.3) is 5.56 Å². The third kappa shape index (κ3) is 3.54. The van der Waals surface area contributed by atoms with E-state index in [4.69, 9.17) is 10.8 Å². The van der Waals surface area contributed by atoms with Gasteiger partial charge in [-0.15, -0.1) is 0 Å². The molecule has 0 spiro atoms. The summed E-state index contributed by atoms with van der Waals surface area (Å²) in [4.78, 5) is 25.9. The highest BCUT2D eigenvalue weighted by atomic mass is 19.1. The van der Waals surface area contributed by atoms with E-state index in [0.29, 0.717) is 17.4 Å². The second-order valence-corrected chi connectivity index (χ2v) is 9.21. The number of hydrogen-bond donors (Lipinski definition) is 2. The van der Waals surface area contributed by atoms with Crippen LogP contribution in [0.3, 0.4) is 0 Å². The summed E-state index contributed by atoms with van der Waals surface area (Å²) < 4.78 is 15.1. The van der Waals surface area contributed by atoms with Gasteiger partial charge in [-0.3, -0.25) is 4.79 Å². The molecule has 3 unspecified atom stereocenters. The zero-order valence-electron chi connectivity index (χ0n) is 19.1. The largest absolute Gasteiger partial charge is 0.383 e. The molecule has 0 bridgehead atoms. The number of benzene rings is 2. The van der Waals surface area contributed by atoms with Crippen molar-refractivity contribution in [3.8, 4) is 11.3 Å². The molecule has 2 saturated carbocycles. The van der Waals surface area contributed by atoms with E-state index in [2.05, 4.69) is 43.7 Å². The van der Waals surface area contributed by atoms with Gasteiger partial charge >= 0.3 is 0 Å². The number of nitrogens with zero attached hydrogens (tertiary/aromatic N) is 5. The fraction of sp³-hybridized carbons (Fsp3) is 0.269. The summed E-state index contributed by atoms with van der Waals surface area (Å²) in [6, 6.07) is 14.9. The van der Waals surface area contributed by atoms with Crippen molar-refractivity contribution in [3.63, 3.8) is 0 Å². The van der Waals surface area contributed by atoms with Gasteiger partial charge < -0.3 is 10.7 Å². The van der Waals surface area contributed by atoms with Crippen LogP contribution in [0.5, 0.6) is 0 Å². The number of nitrogens with one attached hydrogen (secondary N) is 1. The van der Waals surface area contributed by atoms with Gasteiger partial charge in [-0.2, -0.15) is 5.10 Å². The molecule has 3 N–H and O–H groups in total. The average Bonchev–Trinajstić information content (AvgIpc) is 3.19. The number of halogens is 1. The molecular weight excluding hydrogens is 445 g/mol. The summed E-state index contributed by atoms with van der Waals surface area (Å²) in [5, 5.41) is 5.80. The van der Waals surface area contributed by atoms with Gasteiger partial charge in [0.15, 0.2) is 5.65 Å². The molecule has 2 aliphatic carbocycles. The molecule has 0 aliphatic heterocycles. The normalized spacial score (nSPS) is 21.0. The number of nitrogens with two attached hydrogens (primary N) is 1. The van der Waals surface area contributed by atoms with E-state index in [1.165, 1.54) is 31.3 Å². The summed E-state index contributed by atoms with van der Waals surface area (Å²) in [5.74, 6) is 2.53. The molecule has 176 valence electrons. The van der Waals surface area contributed by atoms with Gasteiger partial charge in [0.1, 0.15) is 29.0 Å². The van der Waals surface area contributed by atoms with Gasteiger partial charge in [0.05, 0.1) is 23.3 Å². The third-order valence-corrected chi connectivity index (χ3v) is 7.36. The Balaban J connectivity index is 0.000000161. The molecule has 8 nitrogen and oxygen atoms in total. The highest BCUT2D eigenvalue weighted by molar-refractivity contribution is 5.98. The Kier molecular flexibility index (Phi) is 5.05. The van der Waals surface area contributed by atoms with Crippen LogP contribution in [0.15, 0.2) is 66.0 Å². The van der Waals surface area contributed by atoms with Crippen LogP contribution in [0.25, 0.3) is 33.2 Å². The van der Waals surface area contributed by atoms with Crippen molar-refractivity contribution in [2.24, 2.45) is 17.8 Å². The van der Waals surface area contributed by atoms with E-state index in [-0.39, 0.29) is 5.39 Å². The van der Waals surface area contributed by atoms with E-state index in [0.717, 1.165) is 40.0 Å². The van der Waals surface area contributed by atoms with Crippen LogP contribution < -0.4 is 11.3 Å². The fourth-order valence-corrected chi connectivity index (χ4v) is 5.44. The zero-order valence-corrected chi connectivity index (χ0v) is 19.1. The Labute approximate surface area is 200 Å². The number of rotatable bonds is 3. The fourth-order valence-electron chi connectivity index (χ4n) is 5.44. The summed E-state index contributed by atoms with van der Waals surface area (Å²) in [5.41, 5.74) is 8.89. The maximum absolute atomic E-state index is 13.0. The van der Waals surface area contributed by atoms with Crippen molar-refractivity contribution in [1.82, 2.24) is 29.7 Å². The number of hydrogen-bond acceptors (Lipinski definition) is 6. The molecule has 3 atom stereocenters. The van der Waals surface area contributed by atoms with Gasteiger partial charge in [0, 0.05) is 5.56 Å². The maximum Gasteiger partial charge on any atom is 0.261 e. The number of aromatic nitrogens is 6. The van der Waals surface area contributed by atoms with E-state index >= 15 is 0 Å². The van der Waals surface area contributed by atoms with Crippen LogP contribution in [0, 0.1) is 23.6 Å². The summed E-state index contributed by atoms with van der Waals surface area (Å²) in [6.07, 6.45) is 5.55. The lowest BCUT2D eigenvalue weighted by Gasteiger charge is -2.12. The van der Waals surface area contributed by atoms with Gasteiger partial charge in [0.2, 0.25) is 0 Å². The monoisotopic (exact) mass is 469 g/mol. The summed E-state index contributed by atoms with van der Waals surface area (Å²) in [7, 11) is 0. The number of anilines is 1. The molecule has 35 heavy (non-hydrogen) atoms. The molecule has 0 amide bonds. The van der Waals surface area contributed by atoms with Crippen molar-refractivity contribution >= 4 is 27.8 Å². The molecule has 7 rings (SSSR count). The first kappa shape index (κ1) is 21.4. The predicted molar refractivity (Wildman–Crippen MR) is 132 cm³/mol. The highest BCUT2D eigenvalue weighted by Crippen LogP contribution is 2.65.